The van der Waals surface area contributed by atoms with Gasteiger partial charge in [0.2, 0.25) is 0 Å². The van der Waals surface area contributed by atoms with Crippen LogP contribution in [-0.2, 0) is 77.7 Å². The van der Waals surface area contributed by atoms with Gasteiger partial charge in [-0.25, -0.2) is 89.0 Å². The third-order valence-corrected chi connectivity index (χ3v) is 31.0. The summed E-state index contributed by atoms with van der Waals surface area (Å²) in [5, 5.41) is -4.68. The fourth-order valence-electron chi connectivity index (χ4n) is 13.8. The van der Waals surface area contributed by atoms with Crippen molar-refractivity contribution < 1.29 is 89.6 Å². The molecule has 9 atom stereocenters. The van der Waals surface area contributed by atoms with Crippen molar-refractivity contribution in [2.24, 2.45) is 33.8 Å². The molecule has 5 aromatic rings. The number of anilines is 1. The predicted octanol–water partition coefficient (Wildman–Crippen LogP) is 13.8. The fraction of sp³-hybridized carbons (Fsp3) is 0.549. The van der Waals surface area contributed by atoms with Crippen molar-refractivity contribution >= 4 is 99.0 Å². The van der Waals surface area contributed by atoms with E-state index < -0.39 is 221 Å². The third-order valence-electron chi connectivity index (χ3n) is 19.6. The summed E-state index contributed by atoms with van der Waals surface area (Å²) in [6.45, 7) is 20.4. The van der Waals surface area contributed by atoms with E-state index in [1.807, 2.05) is 0 Å². The number of rotatable bonds is 13. The fourth-order valence-corrected chi connectivity index (χ4v) is 24.1. The van der Waals surface area contributed by atoms with Gasteiger partial charge in [0.1, 0.15) is 121 Å². The van der Waals surface area contributed by atoms with Crippen molar-refractivity contribution in [2.45, 2.75) is 224 Å². The number of amidine groups is 1. The molecule has 0 fully saturated rings. The van der Waals surface area contributed by atoms with Gasteiger partial charge in [-0.15, -0.1) is 0 Å². The molecule has 11 rings (SSSR count). The third kappa shape index (κ3) is 16.6. The monoisotopic (exact) mass is 1640 g/mol. The number of ketones is 2. The Morgan fingerprint density at radius 2 is 0.789 bits per heavy atom. The van der Waals surface area contributed by atoms with Gasteiger partial charge in [0, 0.05) is 42.1 Å². The van der Waals surface area contributed by atoms with Gasteiger partial charge in [0.15, 0.2) is 11.6 Å². The molecule has 0 saturated heterocycles. The number of nitrogens with zero attached hydrogens (tertiary/aromatic N) is 11. The van der Waals surface area contributed by atoms with Crippen molar-refractivity contribution in [3.05, 3.63) is 140 Å². The highest BCUT2D eigenvalue weighted by Gasteiger charge is 2.64. The molecule has 0 spiro atoms. The number of hydrogen-bond acceptors (Lipinski definition) is 22. The molecule has 11 heterocycles. The molecule has 6 aliphatic heterocycles. The first-order chi connectivity index (χ1) is 49.7. The molecule has 0 unspecified atom stereocenters. The predicted molar refractivity (Wildman–Crippen MR) is 390 cm³/mol. The lowest BCUT2D eigenvalue weighted by Crippen LogP contribution is -2.62. The second-order valence-corrected chi connectivity index (χ2v) is 41.1. The Bertz CT molecular complexity index is 5090. The highest BCUT2D eigenvalue weighted by Crippen LogP contribution is 2.54. The van der Waals surface area contributed by atoms with E-state index in [0.717, 1.165) is 42.7 Å². The quantitative estimate of drug-likeness (QED) is 0.0628. The number of carbonyl (C=O) groups is 4. The van der Waals surface area contributed by atoms with Crippen molar-refractivity contribution in [3.63, 3.8) is 0 Å². The zero-order chi connectivity index (χ0) is 81.8. The number of fused-ring (bicyclic) bond motifs is 3. The Morgan fingerprint density at radius 1 is 0.477 bits per heavy atom. The summed E-state index contributed by atoms with van der Waals surface area (Å²) in [6, 6.07) is 8.60. The number of nitrogens with two attached hydrogens (primary N) is 2. The van der Waals surface area contributed by atoms with Gasteiger partial charge >= 0.3 is 11.9 Å². The van der Waals surface area contributed by atoms with Gasteiger partial charge in [-0.2, -0.15) is 0 Å². The summed E-state index contributed by atoms with van der Waals surface area (Å²) in [4.78, 5) is 84.6. The number of nitrogen functional groups attached to an aromatic ring is 1. The maximum absolute atomic E-state index is 15.6. The molecule has 22 nitrogen and oxygen atoms in total. The van der Waals surface area contributed by atoms with Gasteiger partial charge in [-0.1, -0.05) is 23.2 Å². The molecule has 0 bridgehead atoms. The van der Waals surface area contributed by atoms with E-state index in [0.29, 0.717) is 0 Å². The molecular weight excluding hydrogens is 1550 g/mol. The number of ether oxygens (including phenoxy) is 2. The summed E-state index contributed by atoms with van der Waals surface area (Å²) >= 11 is 11.9. The Hall–Kier alpha value is -7.70. The molecule has 0 saturated carbocycles. The van der Waals surface area contributed by atoms with E-state index in [1.165, 1.54) is 66.7 Å². The van der Waals surface area contributed by atoms with E-state index >= 15 is 8.78 Å². The second-order valence-electron chi connectivity index (χ2n) is 31.3. The molecule has 5 aromatic heterocycles. The van der Waals surface area contributed by atoms with Crippen LogP contribution >= 0.6 is 23.2 Å². The normalized spacial score (nSPS) is 28.7. The second kappa shape index (κ2) is 29.1. The molecule has 0 aliphatic carbocycles. The van der Waals surface area contributed by atoms with Crippen LogP contribution in [0, 0.1) is 29.1 Å². The number of alkyl halides is 6. The van der Waals surface area contributed by atoms with E-state index in [2.05, 4.69) is 53.0 Å². The van der Waals surface area contributed by atoms with Crippen LogP contribution < -0.4 is 11.5 Å². The van der Waals surface area contributed by atoms with E-state index in [4.69, 9.17) is 44.1 Å². The van der Waals surface area contributed by atoms with Crippen LogP contribution in [0.1, 0.15) is 185 Å². The van der Waals surface area contributed by atoms with Crippen LogP contribution in [-0.4, -0.2) is 157 Å². The highest BCUT2D eigenvalue weighted by atomic mass is 35.5. The number of halogens is 13. The van der Waals surface area contributed by atoms with Gasteiger partial charge in [0.25, 0.3) is 17.8 Å². The van der Waals surface area contributed by atoms with E-state index in [1.54, 1.807) is 55.4 Å². The lowest BCUT2D eigenvalue weighted by Gasteiger charge is -2.49. The zero-order valence-electron chi connectivity index (χ0n) is 62.0. The van der Waals surface area contributed by atoms with Crippen molar-refractivity contribution in [3.8, 4) is 0 Å². The van der Waals surface area contributed by atoms with Gasteiger partial charge < -0.3 is 20.9 Å². The average molecular weight is 1640 g/mol. The summed E-state index contributed by atoms with van der Waals surface area (Å²) in [5.41, 5.74) is 3.32. The van der Waals surface area contributed by atoms with Gasteiger partial charge in [-0.3, -0.25) is 44.1 Å². The van der Waals surface area contributed by atoms with Gasteiger partial charge in [-0.05, 0) is 152 Å². The Morgan fingerprint density at radius 3 is 1.12 bits per heavy atom. The standard InChI is InChI=1S/C28H31ClF4N4O4S.C22H22ClF4N5O2S.C21H29F3N4O3S/c1-25(2,3)41-22(39)11-20-26(4,5)42(40)21(12-28(32,33)14-35-42)27(6,37-20)24-18(31)8-7-16(36-24)10-19(38)23-17(29)9-15(30)13-34-23;1-20(2)19(28)32-21(3,16-8-22(26,27)10-30-35(16,20)34)18-14(25)5-4-12(31-18)7-15(33)17-13(23)6-11(24)9-29-17;1-18(2,3)31-16(29)9-13-19(4,5)32(30)14(10-21(23,24)11-26-32)20(6,28-13)17-12(22)7-8-15(25)27-17/h7-9,13,21H,10-12,14H2,1-6H3;4-6,9,16H,7-8,10H2,1-3H3,(H2,28,32);7-8,14H,9-11H2,1-6H3,(H2,25,27)/t21-,27+,42-;16-,21+,35-;14-,20+,32-/m111/s1. The summed E-state index contributed by atoms with van der Waals surface area (Å²) in [6.07, 6.45) is -2.57. The molecule has 109 heavy (non-hydrogen) atoms. The molecule has 38 heteroatoms. The summed E-state index contributed by atoms with van der Waals surface area (Å²) < 4.78 is 221. The van der Waals surface area contributed by atoms with Crippen LogP contribution in [0.4, 0.5) is 54.1 Å². The first kappa shape index (κ1) is 85.3. The largest absolute Gasteiger partial charge is 0.460 e. The smallest absolute Gasteiger partial charge is 0.312 e. The number of hydrogen-bond donors (Lipinski definition) is 2. The number of esters is 2. The molecule has 0 aromatic carbocycles. The number of pyridine rings is 5. The van der Waals surface area contributed by atoms with Crippen LogP contribution in [0.3, 0.4) is 0 Å². The van der Waals surface area contributed by atoms with E-state index in [9.17, 15) is 71.3 Å². The maximum atomic E-state index is 15.6. The first-order valence-electron chi connectivity index (χ1n) is 33.9. The first-order valence-corrected chi connectivity index (χ1v) is 39.4. The lowest BCUT2D eigenvalue weighted by atomic mass is 9.87. The molecular formula is C71H82Cl2F11N13O9S3. The van der Waals surface area contributed by atoms with E-state index in [-0.39, 0.29) is 73.7 Å². The number of Topliss-reactive ketones (excluding diaryl/α,β-unsaturated/α-hetero) is 2. The van der Waals surface area contributed by atoms with Crippen LogP contribution in [0.5, 0.6) is 0 Å². The molecule has 0 radical (unpaired) electrons. The Labute approximate surface area is 633 Å². The number of aliphatic imine (C=N–C) groups is 3. The van der Waals surface area contributed by atoms with Crippen LogP contribution in [0.25, 0.3) is 0 Å². The zero-order valence-corrected chi connectivity index (χ0v) is 65.9. The number of aromatic nitrogens is 5. The van der Waals surface area contributed by atoms with Crippen molar-refractivity contribution in [2.75, 3.05) is 25.4 Å². The van der Waals surface area contributed by atoms with Crippen LogP contribution in [0.2, 0.25) is 10.0 Å². The SMILES string of the molecule is CC(C)(C)OC(=O)CC1=N[C@](C)(c2nc(CC(=O)c3ncc(F)cc3Cl)ccc2F)[C@H]2CC(F)(F)CN=[S@]2(=O)C1(C)C.CC(C)(C)OC(=O)CC1=N[C@](C)(c2nc(N)ccc2F)[C@H]2CC(F)(F)CN=[S@]2(=O)C1(C)C.CC1(C)C(N)=N[C@](C)(c2nc(CC(=O)c3ncc(F)cc3Cl)ccc2F)[C@H]2CC(F)(F)CN=[S@@]21=O. The Balaban J connectivity index is 0.000000190. The minimum atomic E-state index is -3.61. The maximum Gasteiger partial charge on any atom is 0.312 e. The molecule has 594 valence electrons. The van der Waals surface area contributed by atoms with Crippen molar-refractivity contribution in [1.82, 2.24) is 24.9 Å². The van der Waals surface area contributed by atoms with Gasteiger partial charge in [0.05, 0.1) is 103 Å². The molecule has 6 aliphatic rings. The number of carbonyl (C=O) groups excluding carboxylic acids is 4. The minimum absolute atomic E-state index is 0.0135. The minimum Gasteiger partial charge on any atom is -0.460 e. The molecule has 4 N–H and O–H groups in total. The van der Waals surface area contributed by atoms with Crippen LogP contribution in [0.15, 0.2) is 89.0 Å². The topological polar surface area (TPSA) is 329 Å². The summed E-state index contributed by atoms with van der Waals surface area (Å²) in [5.74, 6) is -16.8. The summed E-state index contributed by atoms with van der Waals surface area (Å²) in [7, 11) is -10.5. The highest BCUT2D eigenvalue weighted by molar-refractivity contribution is 7.97. The Kier molecular flexibility index (Phi) is 22.8. The van der Waals surface area contributed by atoms with Crippen molar-refractivity contribution in [1.29, 1.82) is 0 Å². The molecule has 0 amide bonds. The lowest BCUT2D eigenvalue weighted by molar-refractivity contribution is -0.154. The average Bonchev–Trinajstić information content (AvgIpc) is 0.708.